The molecule has 1 heterocycles. The molecule has 0 amide bonds. The van der Waals surface area contributed by atoms with Crippen LogP contribution in [0, 0.1) is 5.92 Å². The molecule has 1 aliphatic rings. The van der Waals surface area contributed by atoms with Crippen LogP contribution in [0.5, 0.6) is 0 Å². The number of methoxy groups -OCH3 is 1. The fraction of sp³-hybridized carbons (Fsp3) is 1.00. The molecule has 0 bridgehead atoms. The number of nitrogens with zero attached hydrogens (tertiary/aromatic N) is 1. The predicted molar refractivity (Wildman–Crippen MR) is 79.4 cm³/mol. The Morgan fingerprint density at radius 3 is 2.95 bits per heavy atom. The number of hydrogen-bond donors (Lipinski definition) is 2. The van der Waals surface area contributed by atoms with E-state index in [-0.39, 0.29) is 6.10 Å². The minimum Gasteiger partial charge on any atom is -0.391 e. The van der Waals surface area contributed by atoms with Gasteiger partial charge in [-0.05, 0) is 58.2 Å². The summed E-state index contributed by atoms with van der Waals surface area (Å²) in [5.74, 6) is 0.750. The third-order valence-corrected chi connectivity index (χ3v) is 4.09. The number of aliphatic hydroxyl groups is 1. The van der Waals surface area contributed by atoms with Gasteiger partial charge in [0.05, 0.1) is 12.7 Å². The van der Waals surface area contributed by atoms with Gasteiger partial charge in [0.2, 0.25) is 0 Å². The van der Waals surface area contributed by atoms with Crippen LogP contribution >= 0.6 is 0 Å². The van der Waals surface area contributed by atoms with Crippen molar-refractivity contribution < 1.29 is 9.84 Å². The first-order valence-electron chi connectivity index (χ1n) is 7.80. The van der Waals surface area contributed by atoms with Gasteiger partial charge in [-0.25, -0.2) is 0 Å². The number of ether oxygens (including phenoxy) is 1. The van der Waals surface area contributed by atoms with E-state index in [0.29, 0.717) is 12.6 Å². The third kappa shape index (κ3) is 6.70. The molecule has 0 aromatic heterocycles. The Kier molecular flexibility index (Phi) is 8.62. The van der Waals surface area contributed by atoms with Crippen molar-refractivity contribution in [3.05, 3.63) is 0 Å². The number of hydrogen-bond acceptors (Lipinski definition) is 4. The van der Waals surface area contributed by atoms with Gasteiger partial charge in [-0.3, -0.25) is 0 Å². The van der Waals surface area contributed by atoms with Crippen LogP contribution in [0.1, 0.15) is 39.5 Å². The largest absolute Gasteiger partial charge is 0.391 e. The average molecular weight is 272 g/mol. The molecule has 0 radical (unpaired) electrons. The number of likely N-dealkylation sites (tertiary alicyclic amines) is 1. The number of rotatable bonds is 9. The summed E-state index contributed by atoms with van der Waals surface area (Å²) in [7, 11) is 1.63. The second-order valence-electron chi connectivity index (χ2n) is 5.84. The first-order chi connectivity index (χ1) is 9.17. The summed E-state index contributed by atoms with van der Waals surface area (Å²) in [4.78, 5) is 2.59. The number of piperidine rings is 1. The van der Waals surface area contributed by atoms with E-state index in [4.69, 9.17) is 4.74 Å². The normalized spacial score (nSPS) is 24.3. The zero-order valence-corrected chi connectivity index (χ0v) is 12.9. The Morgan fingerprint density at radius 1 is 1.47 bits per heavy atom. The molecule has 1 aliphatic heterocycles. The van der Waals surface area contributed by atoms with E-state index < -0.39 is 0 Å². The van der Waals surface area contributed by atoms with Crippen LogP contribution in [0.2, 0.25) is 0 Å². The molecule has 0 aromatic rings. The van der Waals surface area contributed by atoms with E-state index in [1.54, 1.807) is 7.11 Å². The maximum atomic E-state index is 9.61. The molecular formula is C15H32N2O2. The van der Waals surface area contributed by atoms with Crippen molar-refractivity contribution in [3.63, 3.8) is 0 Å². The highest BCUT2D eigenvalue weighted by Crippen LogP contribution is 2.19. The van der Waals surface area contributed by atoms with Gasteiger partial charge in [-0.1, -0.05) is 6.92 Å². The molecule has 2 N–H and O–H groups in total. The van der Waals surface area contributed by atoms with E-state index in [0.717, 1.165) is 18.9 Å². The lowest BCUT2D eigenvalue weighted by atomic mass is 9.91. The van der Waals surface area contributed by atoms with Crippen molar-refractivity contribution in [2.75, 3.05) is 39.9 Å². The highest BCUT2D eigenvalue weighted by Gasteiger charge is 2.23. The number of nitrogens with one attached hydrogen (secondary N) is 1. The minimum atomic E-state index is -0.340. The summed E-state index contributed by atoms with van der Waals surface area (Å²) in [6, 6.07) is 0.536. The van der Waals surface area contributed by atoms with Gasteiger partial charge in [-0.2, -0.15) is 0 Å². The Hall–Kier alpha value is -0.160. The molecular weight excluding hydrogens is 240 g/mol. The van der Waals surface area contributed by atoms with Crippen molar-refractivity contribution in [2.45, 2.75) is 51.7 Å². The summed E-state index contributed by atoms with van der Waals surface area (Å²) >= 11 is 0. The van der Waals surface area contributed by atoms with E-state index in [2.05, 4.69) is 24.1 Å². The molecule has 114 valence electrons. The van der Waals surface area contributed by atoms with Gasteiger partial charge in [0.15, 0.2) is 0 Å². The topological polar surface area (TPSA) is 44.7 Å². The summed E-state index contributed by atoms with van der Waals surface area (Å²) in [5, 5.41) is 13.2. The van der Waals surface area contributed by atoms with Gasteiger partial charge >= 0.3 is 0 Å². The molecule has 0 aromatic carbocycles. The Labute approximate surface area is 118 Å². The molecule has 1 saturated heterocycles. The molecule has 0 spiro atoms. The van der Waals surface area contributed by atoms with Crippen molar-refractivity contribution in [1.29, 1.82) is 0 Å². The quantitative estimate of drug-likeness (QED) is 0.667. The van der Waals surface area contributed by atoms with Crippen LogP contribution in [0.3, 0.4) is 0 Å². The fourth-order valence-corrected chi connectivity index (χ4v) is 2.94. The van der Waals surface area contributed by atoms with Gasteiger partial charge in [0.1, 0.15) is 0 Å². The molecule has 3 atom stereocenters. The zero-order valence-electron chi connectivity index (χ0n) is 12.9. The van der Waals surface area contributed by atoms with Crippen LogP contribution < -0.4 is 5.32 Å². The average Bonchev–Trinajstić information content (AvgIpc) is 2.39. The Balaban J connectivity index is 2.19. The molecule has 1 rings (SSSR count). The van der Waals surface area contributed by atoms with E-state index >= 15 is 0 Å². The van der Waals surface area contributed by atoms with Gasteiger partial charge in [-0.15, -0.1) is 0 Å². The monoisotopic (exact) mass is 272 g/mol. The van der Waals surface area contributed by atoms with Crippen molar-refractivity contribution in [3.8, 4) is 0 Å². The SMILES string of the molecule is CCCN1CCCC(C(C)NCCC(O)COC)C1. The second-order valence-corrected chi connectivity index (χ2v) is 5.84. The van der Waals surface area contributed by atoms with Gasteiger partial charge in [0.25, 0.3) is 0 Å². The molecule has 1 fully saturated rings. The summed E-state index contributed by atoms with van der Waals surface area (Å²) in [6.07, 6.45) is 4.33. The molecule has 3 unspecified atom stereocenters. The molecule has 0 aliphatic carbocycles. The maximum absolute atomic E-state index is 9.61. The predicted octanol–water partition coefficient (Wildman–Crippen LogP) is 1.48. The standard InChI is InChI=1S/C15H32N2O2/c1-4-9-17-10-5-6-14(11-17)13(2)16-8-7-15(18)12-19-3/h13-16,18H,4-12H2,1-3H3. The van der Waals surface area contributed by atoms with E-state index in [1.807, 2.05) is 0 Å². The summed E-state index contributed by atoms with van der Waals surface area (Å²) < 4.78 is 4.93. The van der Waals surface area contributed by atoms with Crippen LogP contribution in [-0.4, -0.2) is 62.0 Å². The Bertz CT molecular complexity index is 224. The van der Waals surface area contributed by atoms with Crippen molar-refractivity contribution in [1.82, 2.24) is 10.2 Å². The van der Waals surface area contributed by atoms with Crippen LogP contribution in [0.15, 0.2) is 0 Å². The maximum Gasteiger partial charge on any atom is 0.0785 e. The van der Waals surface area contributed by atoms with Crippen LogP contribution in [0.25, 0.3) is 0 Å². The number of aliphatic hydroxyl groups excluding tert-OH is 1. The first-order valence-corrected chi connectivity index (χ1v) is 7.80. The fourth-order valence-electron chi connectivity index (χ4n) is 2.94. The van der Waals surface area contributed by atoms with E-state index in [9.17, 15) is 5.11 Å². The van der Waals surface area contributed by atoms with Crippen LogP contribution in [0.4, 0.5) is 0 Å². The lowest BCUT2D eigenvalue weighted by Crippen LogP contribution is -2.45. The lowest BCUT2D eigenvalue weighted by molar-refractivity contribution is 0.0580. The third-order valence-electron chi connectivity index (χ3n) is 4.09. The Morgan fingerprint density at radius 2 is 2.26 bits per heavy atom. The molecule has 19 heavy (non-hydrogen) atoms. The second kappa shape index (κ2) is 9.70. The highest BCUT2D eigenvalue weighted by atomic mass is 16.5. The van der Waals surface area contributed by atoms with Gasteiger partial charge < -0.3 is 20.1 Å². The molecule has 4 nitrogen and oxygen atoms in total. The highest BCUT2D eigenvalue weighted by molar-refractivity contribution is 4.80. The molecule has 0 saturated carbocycles. The first kappa shape index (κ1) is 16.9. The summed E-state index contributed by atoms with van der Waals surface area (Å²) in [5.41, 5.74) is 0. The summed E-state index contributed by atoms with van der Waals surface area (Å²) in [6.45, 7) is 9.56. The lowest BCUT2D eigenvalue weighted by Gasteiger charge is -2.36. The smallest absolute Gasteiger partial charge is 0.0785 e. The van der Waals surface area contributed by atoms with E-state index in [1.165, 1.54) is 38.9 Å². The molecule has 4 heteroatoms. The van der Waals surface area contributed by atoms with Crippen LogP contribution in [-0.2, 0) is 4.74 Å². The zero-order chi connectivity index (χ0) is 14.1. The van der Waals surface area contributed by atoms with Gasteiger partial charge in [0, 0.05) is 19.7 Å². The van der Waals surface area contributed by atoms with Crippen molar-refractivity contribution in [2.24, 2.45) is 5.92 Å². The minimum absolute atomic E-state index is 0.340. The van der Waals surface area contributed by atoms with Crippen molar-refractivity contribution >= 4 is 0 Å².